The lowest BCUT2D eigenvalue weighted by Gasteiger charge is -2.20. The normalized spacial score (nSPS) is 11.9. The first-order chi connectivity index (χ1) is 7.37. The van der Waals surface area contributed by atoms with Crippen molar-refractivity contribution in [2.75, 3.05) is 5.32 Å². The smallest absolute Gasteiger partial charge is 0.126 e. The number of nitrogens with zero attached hydrogens (tertiary/aromatic N) is 1. The summed E-state index contributed by atoms with van der Waals surface area (Å²) in [5, 5.41) is 6.71. The molecule has 0 amide bonds. The van der Waals surface area contributed by atoms with Crippen LogP contribution in [0.5, 0.6) is 0 Å². The Labute approximate surface area is 98.7 Å². The van der Waals surface area contributed by atoms with Gasteiger partial charge in [0.2, 0.25) is 0 Å². The Hall–Kier alpha value is -1.09. The van der Waals surface area contributed by atoms with Crippen molar-refractivity contribution in [3.05, 3.63) is 23.9 Å². The number of hydrogen-bond acceptors (Lipinski definition) is 3. The molecule has 16 heavy (non-hydrogen) atoms. The molecular formula is C13H23N3. The minimum absolute atomic E-state index is 0.148. The highest BCUT2D eigenvalue weighted by molar-refractivity contribution is 5.36. The minimum Gasteiger partial charge on any atom is -0.368 e. The van der Waals surface area contributed by atoms with Gasteiger partial charge in [0.25, 0.3) is 0 Å². The Morgan fingerprint density at radius 1 is 1.25 bits per heavy atom. The molecule has 0 unspecified atom stereocenters. The van der Waals surface area contributed by atoms with E-state index in [1.54, 1.807) is 0 Å². The molecule has 90 valence electrons. The lowest BCUT2D eigenvalue weighted by molar-refractivity contribution is 0.424. The Morgan fingerprint density at radius 3 is 2.38 bits per heavy atom. The van der Waals surface area contributed by atoms with Gasteiger partial charge in [-0.25, -0.2) is 4.98 Å². The lowest BCUT2D eigenvalue weighted by Crippen LogP contribution is -2.35. The molecule has 0 radical (unpaired) electrons. The minimum atomic E-state index is 0.148. The molecule has 1 rings (SSSR count). The first-order valence-electron chi connectivity index (χ1n) is 5.83. The molecule has 1 heterocycles. The number of hydrogen-bond donors (Lipinski definition) is 2. The SMILES string of the molecule is CC(C)Nc1ccc(CNC(C)(C)C)cn1. The fourth-order valence-electron chi connectivity index (χ4n) is 1.28. The third kappa shape index (κ3) is 5.12. The van der Waals surface area contributed by atoms with E-state index < -0.39 is 0 Å². The molecule has 0 bridgehead atoms. The van der Waals surface area contributed by atoms with Crippen molar-refractivity contribution in [2.24, 2.45) is 0 Å². The summed E-state index contributed by atoms with van der Waals surface area (Å²) in [6, 6.07) is 4.56. The maximum atomic E-state index is 4.37. The van der Waals surface area contributed by atoms with Gasteiger partial charge in [-0.15, -0.1) is 0 Å². The van der Waals surface area contributed by atoms with Crippen molar-refractivity contribution in [1.82, 2.24) is 10.3 Å². The Morgan fingerprint density at radius 2 is 1.94 bits per heavy atom. The van der Waals surface area contributed by atoms with E-state index in [-0.39, 0.29) is 5.54 Å². The van der Waals surface area contributed by atoms with Gasteiger partial charge in [0, 0.05) is 24.3 Å². The molecule has 0 atom stereocenters. The van der Waals surface area contributed by atoms with Gasteiger partial charge in [0.1, 0.15) is 5.82 Å². The summed E-state index contributed by atoms with van der Waals surface area (Å²) in [4.78, 5) is 4.37. The number of rotatable bonds is 4. The zero-order chi connectivity index (χ0) is 12.2. The van der Waals surface area contributed by atoms with Gasteiger partial charge in [-0.05, 0) is 46.2 Å². The summed E-state index contributed by atoms with van der Waals surface area (Å²) >= 11 is 0. The maximum Gasteiger partial charge on any atom is 0.126 e. The molecule has 0 saturated carbocycles. The molecule has 2 N–H and O–H groups in total. The van der Waals surface area contributed by atoms with Crippen LogP contribution in [0.15, 0.2) is 18.3 Å². The second kappa shape index (κ2) is 5.30. The van der Waals surface area contributed by atoms with E-state index in [0.29, 0.717) is 6.04 Å². The number of nitrogens with one attached hydrogen (secondary N) is 2. The fourth-order valence-corrected chi connectivity index (χ4v) is 1.28. The summed E-state index contributed by atoms with van der Waals surface area (Å²) in [5.74, 6) is 0.939. The average Bonchev–Trinajstić information content (AvgIpc) is 2.14. The molecule has 1 aromatic rings. The number of aromatic nitrogens is 1. The largest absolute Gasteiger partial charge is 0.368 e. The molecule has 0 aliphatic heterocycles. The Balaban J connectivity index is 2.51. The van der Waals surface area contributed by atoms with Gasteiger partial charge >= 0.3 is 0 Å². The van der Waals surface area contributed by atoms with E-state index in [2.05, 4.69) is 56.3 Å². The van der Waals surface area contributed by atoms with E-state index in [0.717, 1.165) is 12.4 Å². The second-order valence-electron chi connectivity index (χ2n) is 5.45. The standard InChI is InChI=1S/C13H23N3/c1-10(2)16-12-7-6-11(8-14-12)9-15-13(3,4)5/h6-8,10,15H,9H2,1-5H3,(H,14,16). The van der Waals surface area contributed by atoms with E-state index in [4.69, 9.17) is 0 Å². The van der Waals surface area contributed by atoms with E-state index in [9.17, 15) is 0 Å². The molecular weight excluding hydrogens is 198 g/mol. The van der Waals surface area contributed by atoms with Gasteiger partial charge in [-0.2, -0.15) is 0 Å². The number of anilines is 1. The van der Waals surface area contributed by atoms with Crippen LogP contribution in [-0.2, 0) is 6.54 Å². The zero-order valence-electron chi connectivity index (χ0n) is 11.0. The van der Waals surface area contributed by atoms with Crippen molar-refractivity contribution in [3.8, 4) is 0 Å². The highest BCUT2D eigenvalue weighted by Crippen LogP contribution is 2.08. The molecule has 3 heteroatoms. The Kier molecular flexibility index (Phi) is 4.30. The third-order valence-corrected chi connectivity index (χ3v) is 2.08. The lowest BCUT2D eigenvalue weighted by atomic mass is 10.1. The molecule has 0 fully saturated rings. The zero-order valence-corrected chi connectivity index (χ0v) is 11.0. The molecule has 0 aromatic carbocycles. The summed E-state index contributed by atoms with van der Waals surface area (Å²) in [6.45, 7) is 11.6. The van der Waals surface area contributed by atoms with Gasteiger partial charge in [-0.3, -0.25) is 0 Å². The van der Waals surface area contributed by atoms with Crippen LogP contribution in [0.4, 0.5) is 5.82 Å². The summed E-state index contributed by atoms with van der Waals surface area (Å²) in [5.41, 5.74) is 1.36. The van der Waals surface area contributed by atoms with Crippen LogP contribution < -0.4 is 10.6 Å². The van der Waals surface area contributed by atoms with Crippen LogP contribution in [0.25, 0.3) is 0 Å². The fraction of sp³-hybridized carbons (Fsp3) is 0.615. The molecule has 3 nitrogen and oxygen atoms in total. The van der Waals surface area contributed by atoms with Crippen LogP contribution in [-0.4, -0.2) is 16.6 Å². The van der Waals surface area contributed by atoms with Crippen molar-refractivity contribution < 1.29 is 0 Å². The molecule has 1 aromatic heterocycles. The van der Waals surface area contributed by atoms with Crippen LogP contribution in [0, 0.1) is 0 Å². The van der Waals surface area contributed by atoms with Crippen molar-refractivity contribution in [2.45, 2.75) is 52.7 Å². The predicted molar refractivity (Wildman–Crippen MR) is 69.6 cm³/mol. The predicted octanol–water partition coefficient (Wildman–Crippen LogP) is 2.79. The van der Waals surface area contributed by atoms with E-state index in [1.807, 2.05) is 12.3 Å². The van der Waals surface area contributed by atoms with Gasteiger partial charge < -0.3 is 10.6 Å². The van der Waals surface area contributed by atoms with Crippen molar-refractivity contribution >= 4 is 5.82 Å². The topological polar surface area (TPSA) is 37.0 Å². The maximum absolute atomic E-state index is 4.37. The van der Waals surface area contributed by atoms with Gasteiger partial charge in [-0.1, -0.05) is 6.07 Å². The molecule has 0 aliphatic carbocycles. The first-order valence-corrected chi connectivity index (χ1v) is 5.83. The first kappa shape index (κ1) is 13.0. The molecule has 0 saturated heterocycles. The van der Waals surface area contributed by atoms with Crippen LogP contribution in [0.2, 0.25) is 0 Å². The highest BCUT2D eigenvalue weighted by Gasteiger charge is 2.08. The van der Waals surface area contributed by atoms with Crippen LogP contribution in [0.3, 0.4) is 0 Å². The third-order valence-electron chi connectivity index (χ3n) is 2.08. The highest BCUT2D eigenvalue weighted by atomic mass is 15.0. The quantitative estimate of drug-likeness (QED) is 0.821. The number of pyridine rings is 1. The summed E-state index contributed by atoms with van der Waals surface area (Å²) in [7, 11) is 0. The summed E-state index contributed by atoms with van der Waals surface area (Å²) in [6.07, 6.45) is 1.92. The summed E-state index contributed by atoms with van der Waals surface area (Å²) < 4.78 is 0. The van der Waals surface area contributed by atoms with Crippen molar-refractivity contribution in [3.63, 3.8) is 0 Å². The van der Waals surface area contributed by atoms with Gasteiger partial charge in [0.15, 0.2) is 0 Å². The Bertz CT molecular complexity index is 309. The average molecular weight is 221 g/mol. The molecule has 0 spiro atoms. The van der Waals surface area contributed by atoms with E-state index in [1.165, 1.54) is 5.56 Å². The van der Waals surface area contributed by atoms with Gasteiger partial charge in [0.05, 0.1) is 0 Å². The van der Waals surface area contributed by atoms with Crippen molar-refractivity contribution in [1.29, 1.82) is 0 Å². The van der Waals surface area contributed by atoms with Crippen LogP contribution >= 0.6 is 0 Å². The molecule has 0 aliphatic rings. The monoisotopic (exact) mass is 221 g/mol. The second-order valence-corrected chi connectivity index (χ2v) is 5.45. The van der Waals surface area contributed by atoms with E-state index >= 15 is 0 Å². The van der Waals surface area contributed by atoms with Crippen LogP contribution in [0.1, 0.15) is 40.2 Å².